The lowest BCUT2D eigenvalue weighted by atomic mass is 10.0. The van der Waals surface area contributed by atoms with Crippen molar-refractivity contribution in [2.45, 2.75) is 33.1 Å². The summed E-state index contributed by atoms with van der Waals surface area (Å²) in [7, 11) is 0. The third-order valence-electron chi connectivity index (χ3n) is 5.96. The summed E-state index contributed by atoms with van der Waals surface area (Å²) in [6.07, 6.45) is 1.43. The van der Waals surface area contributed by atoms with Crippen molar-refractivity contribution in [2.75, 3.05) is 0 Å². The molecule has 0 aliphatic rings. The van der Waals surface area contributed by atoms with Gasteiger partial charge in [0.25, 0.3) is 0 Å². The number of halogens is 1. The largest absolute Gasteiger partial charge is 0.427 e. The first-order valence-corrected chi connectivity index (χ1v) is 11.4. The zero-order chi connectivity index (χ0) is 23.7. The summed E-state index contributed by atoms with van der Waals surface area (Å²) in [6, 6.07) is 22.4. The van der Waals surface area contributed by atoms with Crippen LogP contribution in [0, 0.1) is 19.7 Å². The molecule has 0 saturated heterocycles. The SMILES string of the molecule is Cc1cc(C)cc(OC(=O)CCCc2c(-c3ccc4ccccc4n3)[nH]c3ccc(F)cc23)c1. The number of carbonyl (C=O) groups is 1. The number of esters is 1. The van der Waals surface area contributed by atoms with Gasteiger partial charge in [-0.25, -0.2) is 9.37 Å². The number of benzene rings is 3. The molecule has 34 heavy (non-hydrogen) atoms. The van der Waals surface area contributed by atoms with Gasteiger partial charge in [-0.15, -0.1) is 0 Å². The van der Waals surface area contributed by atoms with Crippen LogP contribution < -0.4 is 4.74 Å². The predicted octanol–water partition coefficient (Wildman–Crippen LogP) is 7.07. The van der Waals surface area contributed by atoms with Crippen LogP contribution in [-0.4, -0.2) is 15.9 Å². The molecule has 0 amide bonds. The van der Waals surface area contributed by atoms with Gasteiger partial charge in [-0.2, -0.15) is 0 Å². The topological polar surface area (TPSA) is 55.0 Å². The molecule has 170 valence electrons. The van der Waals surface area contributed by atoms with Gasteiger partial charge in [-0.1, -0.05) is 30.3 Å². The molecule has 0 fully saturated rings. The van der Waals surface area contributed by atoms with Crippen molar-refractivity contribution in [3.05, 3.63) is 95.3 Å². The maximum atomic E-state index is 14.1. The van der Waals surface area contributed by atoms with Gasteiger partial charge in [0, 0.05) is 22.7 Å². The minimum Gasteiger partial charge on any atom is -0.427 e. The molecule has 1 N–H and O–H groups in total. The molecule has 0 saturated carbocycles. The van der Waals surface area contributed by atoms with Crippen LogP contribution >= 0.6 is 0 Å². The Bertz CT molecular complexity index is 1500. The minimum absolute atomic E-state index is 0.263. The molecule has 2 aromatic heterocycles. The van der Waals surface area contributed by atoms with E-state index in [1.165, 1.54) is 6.07 Å². The number of fused-ring (bicyclic) bond motifs is 2. The first-order valence-electron chi connectivity index (χ1n) is 11.4. The summed E-state index contributed by atoms with van der Waals surface area (Å²) >= 11 is 0. The standard InChI is InChI=1S/C29H25FN2O2/c1-18-14-19(2)16-22(15-18)34-28(33)9-5-7-23-24-17-21(30)11-13-26(24)32-29(23)27-12-10-20-6-3-4-8-25(20)31-27/h3-4,6,8,10-17,32H,5,7,9H2,1-2H3. The number of hydrogen-bond acceptors (Lipinski definition) is 3. The Balaban J connectivity index is 1.40. The number of ether oxygens (including phenoxy) is 1. The third-order valence-corrected chi connectivity index (χ3v) is 5.96. The van der Waals surface area contributed by atoms with Crippen LogP contribution in [0.25, 0.3) is 33.2 Å². The van der Waals surface area contributed by atoms with Gasteiger partial charge in [0.05, 0.1) is 16.9 Å². The molecule has 5 aromatic rings. The molecule has 0 bridgehead atoms. The van der Waals surface area contributed by atoms with Gasteiger partial charge in [0.1, 0.15) is 11.6 Å². The lowest BCUT2D eigenvalue weighted by Gasteiger charge is -2.08. The average Bonchev–Trinajstić information content (AvgIpc) is 3.15. The zero-order valence-electron chi connectivity index (χ0n) is 19.2. The molecule has 2 heterocycles. The van der Waals surface area contributed by atoms with E-state index in [2.05, 4.69) is 4.98 Å². The number of carbonyl (C=O) groups excluding carboxylic acids is 1. The van der Waals surface area contributed by atoms with Crippen LogP contribution in [0.2, 0.25) is 0 Å². The van der Waals surface area contributed by atoms with Gasteiger partial charge in [-0.3, -0.25) is 4.79 Å². The van der Waals surface area contributed by atoms with Crippen LogP contribution in [-0.2, 0) is 11.2 Å². The van der Waals surface area contributed by atoms with E-state index in [1.54, 1.807) is 12.1 Å². The Morgan fingerprint density at radius 3 is 2.59 bits per heavy atom. The van der Waals surface area contributed by atoms with Crippen LogP contribution in [0.1, 0.15) is 29.5 Å². The Morgan fingerprint density at radius 1 is 0.971 bits per heavy atom. The lowest BCUT2D eigenvalue weighted by Crippen LogP contribution is -2.08. The third kappa shape index (κ3) is 4.55. The number of rotatable bonds is 6. The quantitative estimate of drug-likeness (QED) is 0.221. The number of aromatic nitrogens is 2. The summed E-state index contributed by atoms with van der Waals surface area (Å²) < 4.78 is 19.6. The minimum atomic E-state index is -0.292. The van der Waals surface area contributed by atoms with E-state index in [1.807, 2.05) is 68.4 Å². The van der Waals surface area contributed by atoms with Crippen molar-refractivity contribution in [2.24, 2.45) is 0 Å². The molecule has 0 unspecified atom stereocenters. The van der Waals surface area contributed by atoms with E-state index < -0.39 is 0 Å². The molecular weight excluding hydrogens is 427 g/mol. The molecule has 5 heteroatoms. The number of nitrogens with one attached hydrogen (secondary N) is 1. The number of aryl methyl sites for hydroxylation is 3. The Morgan fingerprint density at radius 2 is 1.76 bits per heavy atom. The summed E-state index contributed by atoms with van der Waals surface area (Å²) in [6.45, 7) is 3.95. The van der Waals surface area contributed by atoms with E-state index in [9.17, 15) is 9.18 Å². The number of H-pyrrole nitrogens is 1. The van der Waals surface area contributed by atoms with Crippen molar-refractivity contribution in [1.82, 2.24) is 9.97 Å². The number of pyridine rings is 1. The van der Waals surface area contributed by atoms with Gasteiger partial charge >= 0.3 is 5.97 Å². The Hall–Kier alpha value is -3.99. The monoisotopic (exact) mass is 452 g/mol. The Labute approximate surface area is 197 Å². The molecule has 0 radical (unpaired) electrons. The molecule has 0 aliphatic heterocycles. The highest BCUT2D eigenvalue weighted by molar-refractivity contribution is 5.91. The van der Waals surface area contributed by atoms with Crippen molar-refractivity contribution in [1.29, 1.82) is 0 Å². The summed E-state index contributed by atoms with van der Waals surface area (Å²) in [5.41, 5.74) is 6.45. The highest BCUT2D eigenvalue weighted by atomic mass is 19.1. The summed E-state index contributed by atoms with van der Waals surface area (Å²) in [4.78, 5) is 20.7. The molecule has 3 aromatic carbocycles. The lowest BCUT2D eigenvalue weighted by molar-refractivity contribution is -0.134. The Kier molecular flexibility index (Phi) is 5.84. The zero-order valence-corrected chi connectivity index (χ0v) is 19.2. The maximum absolute atomic E-state index is 14.1. The number of nitrogens with zero attached hydrogens (tertiary/aromatic N) is 1. The van der Waals surface area contributed by atoms with Crippen molar-refractivity contribution < 1.29 is 13.9 Å². The smallest absolute Gasteiger partial charge is 0.311 e. The van der Waals surface area contributed by atoms with Gasteiger partial charge in [0.15, 0.2) is 0 Å². The van der Waals surface area contributed by atoms with E-state index in [0.717, 1.165) is 49.9 Å². The van der Waals surface area contributed by atoms with Crippen LogP contribution in [0.15, 0.2) is 72.8 Å². The summed E-state index contributed by atoms with van der Waals surface area (Å²) in [5.74, 6) is -0.000817. The molecule has 0 aliphatic carbocycles. The molecular formula is C29H25FN2O2. The van der Waals surface area contributed by atoms with Crippen LogP contribution in [0.3, 0.4) is 0 Å². The average molecular weight is 453 g/mol. The van der Waals surface area contributed by atoms with Gasteiger partial charge in [-0.05, 0) is 85.8 Å². The first-order chi connectivity index (χ1) is 16.5. The molecule has 4 nitrogen and oxygen atoms in total. The van der Waals surface area contributed by atoms with E-state index in [4.69, 9.17) is 9.72 Å². The fourth-order valence-electron chi connectivity index (χ4n) is 4.49. The van der Waals surface area contributed by atoms with Gasteiger partial charge in [0.2, 0.25) is 0 Å². The summed E-state index contributed by atoms with van der Waals surface area (Å²) in [5, 5.41) is 1.87. The normalized spacial score (nSPS) is 11.3. The predicted molar refractivity (Wildman–Crippen MR) is 133 cm³/mol. The van der Waals surface area contributed by atoms with Crippen molar-refractivity contribution in [3.8, 4) is 17.1 Å². The second kappa shape index (κ2) is 9.10. The maximum Gasteiger partial charge on any atom is 0.311 e. The highest BCUT2D eigenvalue weighted by Gasteiger charge is 2.16. The highest BCUT2D eigenvalue weighted by Crippen LogP contribution is 2.32. The van der Waals surface area contributed by atoms with Crippen LogP contribution in [0.5, 0.6) is 5.75 Å². The van der Waals surface area contributed by atoms with E-state index >= 15 is 0 Å². The fraction of sp³-hybridized carbons (Fsp3) is 0.172. The van der Waals surface area contributed by atoms with E-state index in [-0.39, 0.29) is 18.2 Å². The van der Waals surface area contributed by atoms with Gasteiger partial charge < -0.3 is 9.72 Å². The second-order valence-corrected chi connectivity index (χ2v) is 8.71. The first kappa shape index (κ1) is 21.8. The molecule has 0 atom stereocenters. The molecule has 5 rings (SSSR count). The van der Waals surface area contributed by atoms with Crippen molar-refractivity contribution >= 4 is 27.8 Å². The fourth-order valence-corrected chi connectivity index (χ4v) is 4.49. The van der Waals surface area contributed by atoms with Crippen LogP contribution in [0.4, 0.5) is 4.39 Å². The molecule has 0 spiro atoms. The number of aromatic amines is 1. The second-order valence-electron chi connectivity index (χ2n) is 8.71. The number of para-hydroxylation sites is 1. The van der Waals surface area contributed by atoms with Crippen molar-refractivity contribution in [3.63, 3.8) is 0 Å². The van der Waals surface area contributed by atoms with E-state index in [0.29, 0.717) is 18.6 Å². The number of hydrogen-bond donors (Lipinski definition) is 1.